The highest BCUT2D eigenvalue weighted by Gasteiger charge is 2.10. The predicted molar refractivity (Wildman–Crippen MR) is 99.8 cm³/mol. The van der Waals surface area contributed by atoms with E-state index in [1.165, 1.54) is 4.70 Å². The van der Waals surface area contributed by atoms with Crippen molar-refractivity contribution in [3.63, 3.8) is 0 Å². The molecule has 1 aromatic heterocycles. The molecule has 0 aliphatic heterocycles. The standard InChI is InChI=1S/C16H12ClIN2OS/c17-10-5-6-12(18)11(9-10)16(21)19-8-7-15-20-13-3-1-2-4-14(13)22-15/h1-6,9H,7-8H2,(H,19,21). The van der Waals surface area contributed by atoms with E-state index in [-0.39, 0.29) is 5.91 Å². The van der Waals surface area contributed by atoms with Gasteiger partial charge >= 0.3 is 0 Å². The average Bonchev–Trinajstić information content (AvgIpc) is 2.92. The SMILES string of the molecule is O=C(NCCc1nc2ccccc2s1)c1cc(Cl)ccc1I. The van der Waals surface area contributed by atoms with Gasteiger partial charge in [0.25, 0.3) is 5.91 Å². The summed E-state index contributed by atoms with van der Waals surface area (Å²) in [6, 6.07) is 13.4. The number of amides is 1. The van der Waals surface area contributed by atoms with E-state index in [4.69, 9.17) is 11.6 Å². The Morgan fingerprint density at radius 2 is 2.09 bits per heavy atom. The highest BCUT2D eigenvalue weighted by Crippen LogP contribution is 2.22. The zero-order valence-corrected chi connectivity index (χ0v) is 15.2. The van der Waals surface area contributed by atoms with Gasteiger partial charge < -0.3 is 5.32 Å². The fourth-order valence-corrected chi connectivity index (χ4v) is 3.80. The third-order valence-corrected chi connectivity index (χ3v) is 5.41. The number of hydrogen-bond donors (Lipinski definition) is 1. The summed E-state index contributed by atoms with van der Waals surface area (Å²) >= 11 is 9.74. The van der Waals surface area contributed by atoms with E-state index in [0.29, 0.717) is 17.1 Å². The van der Waals surface area contributed by atoms with Gasteiger partial charge in [-0.2, -0.15) is 0 Å². The molecule has 3 aromatic rings. The smallest absolute Gasteiger partial charge is 0.252 e. The minimum absolute atomic E-state index is 0.104. The monoisotopic (exact) mass is 442 g/mol. The normalized spacial score (nSPS) is 10.8. The molecule has 0 atom stereocenters. The van der Waals surface area contributed by atoms with Crippen molar-refractivity contribution < 1.29 is 4.79 Å². The highest BCUT2D eigenvalue weighted by atomic mass is 127. The van der Waals surface area contributed by atoms with E-state index in [2.05, 4.69) is 39.0 Å². The van der Waals surface area contributed by atoms with Crippen LogP contribution in [-0.2, 0) is 6.42 Å². The third-order valence-electron chi connectivity index (χ3n) is 3.14. The first-order valence-corrected chi connectivity index (χ1v) is 8.98. The summed E-state index contributed by atoms with van der Waals surface area (Å²) in [7, 11) is 0. The molecular weight excluding hydrogens is 431 g/mol. The number of benzene rings is 2. The first kappa shape index (κ1) is 15.7. The van der Waals surface area contributed by atoms with Gasteiger partial charge in [0.2, 0.25) is 0 Å². The first-order valence-electron chi connectivity index (χ1n) is 6.71. The van der Waals surface area contributed by atoms with Gasteiger partial charge in [-0.25, -0.2) is 4.98 Å². The lowest BCUT2D eigenvalue weighted by Gasteiger charge is -2.06. The molecule has 0 bridgehead atoms. The molecule has 0 unspecified atom stereocenters. The van der Waals surface area contributed by atoms with Crippen molar-refractivity contribution in [1.82, 2.24) is 10.3 Å². The van der Waals surface area contributed by atoms with Crippen molar-refractivity contribution >= 4 is 61.7 Å². The number of thiazole rings is 1. The second kappa shape index (κ2) is 6.93. The Morgan fingerprint density at radius 3 is 2.91 bits per heavy atom. The topological polar surface area (TPSA) is 42.0 Å². The molecule has 0 saturated carbocycles. The van der Waals surface area contributed by atoms with Crippen molar-refractivity contribution in [3.05, 3.63) is 61.6 Å². The van der Waals surface area contributed by atoms with E-state index in [1.54, 1.807) is 23.5 Å². The van der Waals surface area contributed by atoms with Crippen molar-refractivity contribution in [3.8, 4) is 0 Å². The van der Waals surface area contributed by atoms with Crippen LogP contribution in [0.15, 0.2) is 42.5 Å². The van der Waals surface area contributed by atoms with Crippen LogP contribution in [0.5, 0.6) is 0 Å². The summed E-state index contributed by atoms with van der Waals surface area (Å²) in [6.45, 7) is 0.557. The summed E-state index contributed by atoms with van der Waals surface area (Å²) in [4.78, 5) is 16.7. The summed E-state index contributed by atoms with van der Waals surface area (Å²) < 4.78 is 2.06. The Balaban J connectivity index is 1.62. The summed E-state index contributed by atoms with van der Waals surface area (Å²) in [5.74, 6) is -0.104. The summed E-state index contributed by atoms with van der Waals surface area (Å²) in [6.07, 6.45) is 0.724. The number of carbonyl (C=O) groups is 1. The van der Waals surface area contributed by atoms with Crippen LogP contribution in [0, 0.1) is 3.57 Å². The number of rotatable bonds is 4. The fraction of sp³-hybridized carbons (Fsp3) is 0.125. The van der Waals surface area contributed by atoms with Gasteiger partial charge in [0, 0.05) is 21.6 Å². The Bertz CT molecular complexity index is 801. The molecule has 0 saturated heterocycles. The Hall–Kier alpha value is -1.18. The lowest BCUT2D eigenvalue weighted by molar-refractivity contribution is 0.0953. The van der Waals surface area contributed by atoms with E-state index in [0.717, 1.165) is 20.5 Å². The van der Waals surface area contributed by atoms with Gasteiger partial charge in [-0.3, -0.25) is 4.79 Å². The number of fused-ring (bicyclic) bond motifs is 1. The minimum atomic E-state index is -0.104. The second-order valence-corrected chi connectivity index (χ2v) is 7.42. The van der Waals surface area contributed by atoms with Gasteiger partial charge in [-0.15, -0.1) is 11.3 Å². The van der Waals surface area contributed by atoms with Crippen LogP contribution < -0.4 is 5.32 Å². The number of halogens is 2. The predicted octanol–water partition coefficient (Wildman–Crippen LogP) is 4.53. The number of para-hydroxylation sites is 1. The quantitative estimate of drug-likeness (QED) is 0.603. The first-order chi connectivity index (χ1) is 10.6. The van der Waals surface area contributed by atoms with Gasteiger partial charge in [0.15, 0.2) is 0 Å². The molecule has 1 amide bonds. The number of nitrogens with one attached hydrogen (secondary N) is 1. The molecule has 0 spiro atoms. The minimum Gasteiger partial charge on any atom is -0.352 e. The maximum Gasteiger partial charge on any atom is 0.252 e. The van der Waals surface area contributed by atoms with Crippen LogP contribution >= 0.6 is 45.5 Å². The van der Waals surface area contributed by atoms with Crippen LogP contribution in [0.25, 0.3) is 10.2 Å². The molecule has 0 aliphatic rings. The molecule has 3 nitrogen and oxygen atoms in total. The van der Waals surface area contributed by atoms with Crippen molar-refractivity contribution in [2.24, 2.45) is 0 Å². The van der Waals surface area contributed by atoms with Gasteiger partial charge in [-0.05, 0) is 52.9 Å². The molecule has 2 aromatic carbocycles. The zero-order chi connectivity index (χ0) is 15.5. The van der Waals surface area contributed by atoms with Crippen LogP contribution in [0.1, 0.15) is 15.4 Å². The number of carbonyl (C=O) groups excluding carboxylic acids is 1. The van der Waals surface area contributed by atoms with Crippen LogP contribution in [0.3, 0.4) is 0 Å². The maximum absolute atomic E-state index is 12.2. The van der Waals surface area contributed by atoms with E-state index >= 15 is 0 Å². The number of hydrogen-bond acceptors (Lipinski definition) is 3. The molecular formula is C16H12ClIN2OS. The van der Waals surface area contributed by atoms with Crippen molar-refractivity contribution in [2.45, 2.75) is 6.42 Å². The lowest BCUT2D eigenvalue weighted by Crippen LogP contribution is -2.26. The lowest BCUT2D eigenvalue weighted by atomic mass is 10.2. The average molecular weight is 443 g/mol. The molecule has 0 fully saturated rings. The Kier molecular flexibility index (Phi) is 4.95. The molecule has 3 rings (SSSR count). The summed E-state index contributed by atoms with van der Waals surface area (Å²) in [5, 5.41) is 4.52. The number of nitrogens with zero attached hydrogens (tertiary/aromatic N) is 1. The second-order valence-electron chi connectivity index (χ2n) is 4.71. The Morgan fingerprint density at radius 1 is 1.27 bits per heavy atom. The van der Waals surface area contributed by atoms with Crippen LogP contribution in [0.2, 0.25) is 5.02 Å². The Labute approximate surface area is 150 Å². The fourth-order valence-electron chi connectivity index (χ4n) is 2.08. The zero-order valence-electron chi connectivity index (χ0n) is 11.5. The molecule has 1 heterocycles. The largest absolute Gasteiger partial charge is 0.352 e. The van der Waals surface area contributed by atoms with E-state index < -0.39 is 0 Å². The third kappa shape index (κ3) is 3.59. The van der Waals surface area contributed by atoms with Crippen molar-refractivity contribution in [2.75, 3.05) is 6.54 Å². The van der Waals surface area contributed by atoms with Gasteiger partial charge in [-0.1, -0.05) is 23.7 Å². The van der Waals surface area contributed by atoms with Crippen LogP contribution in [0.4, 0.5) is 0 Å². The molecule has 0 radical (unpaired) electrons. The molecule has 112 valence electrons. The van der Waals surface area contributed by atoms with Gasteiger partial charge in [0.1, 0.15) is 0 Å². The molecule has 22 heavy (non-hydrogen) atoms. The van der Waals surface area contributed by atoms with Crippen molar-refractivity contribution in [1.29, 1.82) is 0 Å². The maximum atomic E-state index is 12.2. The van der Waals surface area contributed by atoms with Gasteiger partial charge in [0.05, 0.1) is 20.8 Å². The van der Waals surface area contributed by atoms with E-state index in [1.807, 2.05) is 24.3 Å². The molecule has 0 aliphatic carbocycles. The molecule has 1 N–H and O–H groups in total. The molecule has 6 heteroatoms. The highest BCUT2D eigenvalue weighted by molar-refractivity contribution is 14.1. The van der Waals surface area contributed by atoms with E-state index in [9.17, 15) is 4.79 Å². The number of aromatic nitrogens is 1. The summed E-state index contributed by atoms with van der Waals surface area (Å²) in [5.41, 5.74) is 1.62. The van der Waals surface area contributed by atoms with Crippen LogP contribution in [-0.4, -0.2) is 17.4 Å².